The quantitative estimate of drug-likeness (QED) is 0.820. The minimum absolute atomic E-state index is 0.290. The summed E-state index contributed by atoms with van der Waals surface area (Å²) in [5.74, 6) is 2.31. The van der Waals surface area contributed by atoms with E-state index in [9.17, 15) is 4.79 Å². The number of carbonyl (C=O) groups is 1. The molecular weight excluding hydrogens is 228 g/mol. The average molecular weight is 244 g/mol. The van der Waals surface area contributed by atoms with E-state index in [1.807, 2.05) is 18.2 Å². The number of ketones is 1. The molecule has 3 aliphatic rings. The van der Waals surface area contributed by atoms with Crippen molar-refractivity contribution in [1.29, 1.82) is 0 Å². The first kappa shape index (κ1) is 10.4. The molecular formula is C15H16O3. The standard InChI is InChI=1S/C15H16O3/c16-12(11-3-4-15(11)5-6-15)7-10-1-2-13-14(8-10)18-9-17-13/h1-2,8,11H,3-7,9H2. The van der Waals surface area contributed by atoms with Gasteiger partial charge in [0.1, 0.15) is 5.78 Å². The number of hydrogen-bond acceptors (Lipinski definition) is 3. The fourth-order valence-electron chi connectivity index (χ4n) is 3.33. The highest BCUT2D eigenvalue weighted by molar-refractivity contribution is 5.85. The third kappa shape index (κ3) is 1.46. The molecule has 0 bridgehead atoms. The van der Waals surface area contributed by atoms with Crippen LogP contribution in [0.4, 0.5) is 0 Å². The highest BCUT2D eigenvalue weighted by atomic mass is 16.7. The van der Waals surface area contributed by atoms with Crippen LogP contribution in [0.25, 0.3) is 0 Å². The Hall–Kier alpha value is -1.51. The van der Waals surface area contributed by atoms with Crippen LogP contribution in [0.5, 0.6) is 11.5 Å². The lowest BCUT2D eigenvalue weighted by atomic mass is 9.67. The molecule has 1 atom stereocenters. The summed E-state index contributed by atoms with van der Waals surface area (Å²) in [6.45, 7) is 0.290. The molecule has 2 fully saturated rings. The van der Waals surface area contributed by atoms with Gasteiger partial charge in [0, 0.05) is 12.3 Å². The van der Waals surface area contributed by atoms with Gasteiger partial charge < -0.3 is 9.47 Å². The van der Waals surface area contributed by atoms with Crippen LogP contribution in [-0.4, -0.2) is 12.6 Å². The largest absolute Gasteiger partial charge is 0.454 e. The second-order valence-electron chi connectivity index (χ2n) is 5.78. The Morgan fingerprint density at radius 1 is 1.22 bits per heavy atom. The van der Waals surface area contributed by atoms with E-state index < -0.39 is 0 Å². The van der Waals surface area contributed by atoms with Crippen molar-refractivity contribution < 1.29 is 14.3 Å². The predicted octanol–water partition coefficient (Wildman–Crippen LogP) is 2.72. The molecule has 1 aromatic rings. The van der Waals surface area contributed by atoms with Crippen molar-refractivity contribution in [1.82, 2.24) is 0 Å². The minimum atomic E-state index is 0.290. The molecule has 1 spiro atoms. The smallest absolute Gasteiger partial charge is 0.231 e. The Bertz CT molecular complexity index is 516. The molecule has 0 radical (unpaired) electrons. The molecule has 2 saturated carbocycles. The molecule has 2 aliphatic carbocycles. The van der Waals surface area contributed by atoms with Gasteiger partial charge in [-0.3, -0.25) is 4.79 Å². The van der Waals surface area contributed by atoms with Crippen molar-refractivity contribution >= 4 is 5.78 Å². The first-order chi connectivity index (χ1) is 8.77. The molecule has 1 unspecified atom stereocenters. The highest BCUT2D eigenvalue weighted by Gasteiger charge is 2.57. The minimum Gasteiger partial charge on any atom is -0.454 e. The molecule has 94 valence electrons. The summed E-state index contributed by atoms with van der Waals surface area (Å²) in [6.07, 6.45) is 5.45. The molecule has 1 heterocycles. The number of Topliss-reactive ketones (excluding diaryl/α,β-unsaturated/α-hetero) is 1. The van der Waals surface area contributed by atoms with Crippen LogP contribution in [0.1, 0.15) is 31.2 Å². The molecule has 0 aromatic heterocycles. The number of hydrogen-bond donors (Lipinski definition) is 0. The van der Waals surface area contributed by atoms with Crippen LogP contribution < -0.4 is 9.47 Å². The molecule has 0 N–H and O–H groups in total. The summed E-state index contributed by atoms with van der Waals surface area (Å²) in [5, 5.41) is 0. The maximum atomic E-state index is 12.3. The van der Waals surface area contributed by atoms with Crippen LogP contribution >= 0.6 is 0 Å². The Balaban J connectivity index is 1.49. The van der Waals surface area contributed by atoms with E-state index >= 15 is 0 Å². The molecule has 3 nitrogen and oxygen atoms in total. The maximum Gasteiger partial charge on any atom is 0.231 e. The van der Waals surface area contributed by atoms with Gasteiger partial charge in [0.2, 0.25) is 6.79 Å². The number of rotatable bonds is 3. The van der Waals surface area contributed by atoms with E-state index in [4.69, 9.17) is 9.47 Å². The van der Waals surface area contributed by atoms with Gasteiger partial charge in [-0.15, -0.1) is 0 Å². The summed E-state index contributed by atoms with van der Waals surface area (Å²) in [4.78, 5) is 12.3. The zero-order valence-corrected chi connectivity index (χ0v) is 10.3. The molecule has 1 aliphatic heterocycles. The monoisotopic (exact) mass is 244 g/mol. The number of ether oxygens (including phenoxy) is 2. The summed E-state index contributed by atoms with van der Waals surface area (Å²) < 4.78 is 10.6. The Morgan fingerprint density at radius 2 is 2.06 bits per heavy atom. The first-order valence-electron chi connectivity index (χ1n) is 6.68. The van der Waals surface area contributed by atoms with Crippen LogP contribution in [0, 0.1) is 11.3 Å². The van der Waals surface area contributed by atoms with Crippen LogP contribution in [0.2, 0.25) is 0 Å². The van der Waals surface area contributed by atoms with Crippen molar-refractivity contribution in [2.24, 2.45) is 11.3 Å². The SMILES string of the molecule is O=C(Cc1ccc2c(c1)OCO2)C1CCC12CC2. The predicted molar refractivity (Wildman–Crippen MR) is 65.7 cm³/mol. The lowest BCUT2D eigenvalue weighted by Gasteiger charge is -2.36. The normalized spacial score (nSPS) is 25.9. The van der Waals surface area contributed by atoms with E-state index in [-0.39, 0.29) is 0 Å². The molecule has 3 heteroatoms. The fraction of sp³-hybridized carbons (Fsp3) is 0.533. The molecule has 0 amide bonds. The topological polar surface area (TPSA) is 35.5 Å². The van der Waals surface area contributed by atoms with Gasteiger partial charge in [0.05, 0.1) is 0 Å². The summed E-state index contributed by atoms with van der Waals surface area (Å²) >= 11 is 0. The molecule has 0 saturated heterocycles. The van der Waals surface area contributed by atoms with Gasteiger partial charge in [-0.05, 0) is 48.8 Å². The van der Waals surface area contributed by atoms with Crippen molar-refractivity contribution in [3.05, 3.63) is 23.8 Å². The first-order valence-corrected chi connectivity index (χ1v) is 6.68. The lowest BCUT2D eigenvalue weighted by molar-refractivity contribution is -0.128. The number of carbonyl (C=O) groups excluding carboxylic acids is 1. The van der Waals surface area contributed by atoms with E-state index in [1.165, 1.54) is 19.3 Å². The Kier molecular flexibility index (Phi) is 2.02. The van der Waals surface area contributed by atoms with E-state index in [0.717, 1.165) is 23.5 Å². The van der Waals surface area contributed by atoms with E-state index in [0.29, 0.717) is 30.3 Å². The maximum absolute atomic E-state index is 12.3. The lowest BCUT2D eigenvalue weighted by Crippen LogP contribution is -2.35. The fourth-order valence-corrected chi connectivity index (χ4v) is 3.33. The Morgan fingerprint density at radius 3 is 2.78 bits per heavy atom. The van der Waals surface area contributed by atoms with Gasteiger partial charge in [0.15, 0.2) is 11.5 Å². The third-order valence-corrected chi connectivity index (χ3v) is 4.77. The van der Waals surface area contributed by atoms with Gasteiger partial charge in [-0.2, -0.15) is 0 Å². The molecule has 4 rings (SSSR count). The van der Waals surface area contributed by atoms with Crippen LogP contribution in [-0.2, 0) is 11.2 Å². The third-order valence-electron chi connectivity index (χ3n) is 4.77. The summed E-state index contributed by atoms with van der Waals surface area (Å²) in [7, 11) is 0. The Labute approximate surface area is 106 Å². The summed E-state index contributed by atoms with van der Waals surface area (Å²) in [6, 6.07) is 5.82. The average Bonchev–Trinajstić information content (AvgIpc) is 3.03. The summed E-state index contributed by atoms with van der Waals surface area (Å²) in [5.41, 5.74) is 1.49. The van der Waals surface area contributed by atoms with E-state index in [1.54, 1.807) is 0 Å². The zero-order chi connectivity index (χ0) is 12.2. The van der Waals surface area contributed by atoms with Crippen molar-refractivity contribution in [3.63, 3.8) is 0 Å². The molecule has 1 aromatic carbocycles. The second kappa shape index (κ2) is 3.50. The highest BCUT2D eigenvalue weighted by Crippen LogP contribution is 2.64. The van der Waals surface area contributed by atoms with Crippen molar-refractivity contribution in [2.75, 3.05) is 6.79 Å². The second-order valence-corrected chi connectivity index (χ2v) is 5.78. The zero-order valence-electron chi connectivity index (χ0n) is 10.3. The number of fused-ring (bicyclic) bond motifs is 1. The molecule has 18 heavy (non-hydrogen) atoms. The van der Waals surface area contributed by atoms with Gasteiger partial charge in [-0.25, -0.2) is 0 Å². The number of benzene rings is 1. The van der Waals surface area contributed by atoms with Crippen LogP contribution in [0.15, 0.2) is 18.2 Å². The van der Waals surface area contributed by atoms with Gasteiger partial charge in [0.25, 0.3) is 0 Å². The van der Waals surface area contributed by atoms with Crippen LogP contribution in [0.3, 0.4) is 0 Å². The van der Waals surface area contributed by atoms with Crippen molar-refractivity contribution in [3.8, 4) is 11.5 Å². The van der Waals surface area contributed by atoms with Crippen molar-refractivity contribution in [2.45, 2.75) is 32.1 Å². The van der Waals surface area contributed by atoms with Gasteiger partial charge in [-0.1, -0.05) is 6.07 Å². The van der Waals surface area contributed by atoms with Gasteiger partial charge >= 0.3 is 0 Å². The van der Waals surface area contributed by atoms with E-state index in [2.05, 4.69) is 0 Å².